The molecule has 0 unspecified atom stereocenters. The Labute approximate surface area is 169 Å². The fraction of sp³-hybridized carbons (Fsp3) is 0.0800. The summed E-state index contributed by atoms with van der Waals surface area (Å²) in [5, 5.41) is 2.09. The molecule has 0 aliphatic heterocycles. The van der Waals surface area contributed by atoms with E-state index in [0.29, 0.717) is 6.42 Å². The molecule has 138 valence electrons. The zero-order valence-corrected chi connectivity index (χ0v) is 16.2. The molecule has 4 rings (SSSR count). The first kappa shape index (κ1) is 18.3. The van der Waals surface area contributed by atoms with E-state index in [9.17, 15) is 4.79 Å². The van der Waals surface area contributed by atoms with Crippen molar-refractivity contribution in [3.8, 4) is 0 Å². The second-order valence-electron chi connectivity index (χ2n) is 6.71. The Hall–Kier alpha value is -3.04. The van der Waals surface area contributed by atoms with Gasteiger partial charge in [0.05, 0.1) is 0 Å². The summed E-state index contributed by atoms with van der Waals surface area (Å²) < 4.78 is 0. The van der Waals surface area contributed by atoms with Gasteiger partial charge in [-0.05, 0) is 28.5 Å². The number of thioether (sulfide) groups is 1. The number of para-hydroxylation sites is 1. The Morgan fingerprint density at radius 1 is 0.786 bits per heavy atom. The van der Waals surface area contributed by atoms with Crippen LogP contribution in [0, 0.1) is 0 Å². The molecule has 0 amide bonds. The Balaban J connectivity index is 1.67. The van der Waals surface area contributed by atoms with E-state index >= 15 is 0 Å². The lowest BCUT2D eigenvalue weighted by Crippen LogP contribution is -2.06. The van der Waals surface area contributed by atoms with Crippen LogP contribution in [0.25, 0.3) is 10.8 Å². The number of nitrogens with two attached hydrogens (primary N) is 1. The van der Waals surface area contributed by atoms with E-state index in [1.165, 1.54) is 0 Å². The monoisotopic (exact) mass is 383 g/mol. The van der Waals surface area contributed by atoms with Crippen molar-refractivity contribution >= 4 is 34.0 Å². The van der Waals surface area contributed by atoms with Gasteiger partial charge in [-0.3, -0.25) is 4.79 Å². The maximum Gasteiger partial charge on any atom is 0.164 e. The van der Waals surface area contributed by atoms with Crippen molar-refractivity contribution in [2.75, 3.05) is 5.73 Å². The Kier molecular flexibility index (Phi) is 5.45. The largest absolute Gasteiger partial charge is 0.398 e. The summed E-state index contributed by atoms with van der Waals surface area (Å²) in [7, 11) is 0. The summed E-state index contributed by atoms with van der Waals surface area (Å²) in [4.78, 5) is 14.3. The van der Waals surface area contributed by atoms with E-state index in [0.717, 1.165) is 32.5 Å². The molecule has 0 saturated heterocycles. The maximum absolute atomic E-state index is 13.3. The third-order valence-corrected chi connectivity index (χ3v) is 6.17. The molecule has 28 heavy (non-hydrogen) atoms. The zero-order valence-electron chi connectivity index (χ0n) is 15.4. The highest BCUT2D eigenvalue weighted by Crippen LogP contribution is 2.41. The van der Waals surface area contributed by atoms with Crippen LogP contribution in [0.4, 0.5) is 5.69 Å². The molecule has 0 radical (unpaired) electrons. The summed E-state index contributed by atoms with van der Waals surface area (Å²) in [5.41, 5.74) is 8.81. The van der Waals surface area contributed by atoms with Crippen molar-refractivity contribution in [3.63, 3.8) is 0 Å². The molecule has 2 N–H and O–H groups in total. The number of nitrogen functional groups attached to an aromatic ring is 1. The van der Waals surface area contributed by atoms with Gasteiger partial charge >= 0.3 is 0 Å². The van der Waals surface area contributed by atoms with E-state index in [1.807, 2.05) is 84.9 Å². The van der Waals surface area contributed by atoms with Crippen LogP contribution in [-0.2, 0) is 0 Å². The molecule has 4 aromatic rings. The highest BCUT2D eigenvalue weighted by atomic mass is 32.2. The van der Waals surface area contributed by atoms with Crippen LogP contribution in [0.2, 0.25) is 0 Å². The standard InChI is InChI=1S/C25H21NOS/c26-22-15-6-7-16-24(22)28-25(19-10-2-1-3-11-19)17-23(27)21-14-8-12-18-9-4-5-13-20(18)21/h1-16,25H,17,26H2/t25-/m0/s1. The van der Waals surface area contributed by atoms with Gasteiger partial charge in [-0.15, -0.1) is 11.8 Å². The number of ketones is 1. The topological polar surface area (TPSA) is 43.1 Å². The molecule has 0 bridgehead atoms. The van der Waals surface area contributed by atoms with Crippen molar-refractivity contribution in [2.45, 2.75) is 16.6 Å². The molecule has 0 aliphatic carbocycles. The number of hydrogen-bond acceptors (Lipinski definition) is 3. The number of carbonyl (C=O) groups is 1. The van der Waals surface area contributed by atoms with Gasteiger partial charge < -0.3 is 5.73 Å². The Bertz CT molecular complexity index is 1100. The van der Waals surface area contributed by atoms with Gasteiger partial charge in [0, 0.05) is 27.8 Å². The third-order valence-electron chi connectivity index (χ3n) is 4.82. The number of anilines is 1. The molecular weight excluding hydrogens is 362 g/mol. The summed E-state index contributed by atoms with van der Waals surface area (Å²) in [6.45, 7) is 0. The highest BCUT2D eigenvalue weighted by Gasteiger charge is 2.20. The Morgan fingerprint density at radius 2 is 1.46 bits per heavy atom. The van der Waals surface area contributed by atoms with Gasteiger partial charge in [-0.1, -0.05) is 84.9 Å². The number of Topliss-reactive ketones (excluding diaryl/α,β-unsaturated/α-hetero) is 1. The van der Waals surface area contributed by atoms with E-state index in [1.54, 1.807) is 11.8 Å². The van der Waals surface area contributed by atoms with E-state index in [4.69, 9.17) is 5.73 Å². The van der Waals surface area contributed by atoms with Gasteiger partial charge in [0.2, 0.25) is 0 Å². The van der Waals surface area contributed by atoms with Crippen molar-refractivity contribution < 1.29 is 4.79 Å². The first-order valence-corrected chi connectivity index (χ1v) is 10.2. The quantitative estimate of drug-likeness (QED) is 0.234. The molecule has 0 fully saturated rings. The summed E-state index contributed by atoms with van der Waals surface area (Å²) >= 11 is 1.65. The fourth-order valence-electron chi connectivity index (χ4n) is 3.38. The molecular formula is C25H21NOS. The molecule has 0 aliphatic rings. The number of hydrogen-bond donors (Lipinski definition) is 1. The maximum atomic E-state index is 13.3. The lowest BCUT2D eigenvalue weighted by atomic mass is 9.97. The Morgan fingerprint density at radius 3 is 2.29 bits per heavy atom. The third kappa shape index (κ3) is 3.95. The van der Waals surface area contributed by atoms with Crippen LogP contribution >= 0.6 is 11.8 Å². The summed E-state index contributed by atoms with van der Waals surface area (Å²) in [6.07, 6.45) is 0.414. The van der Waals surface area contributed by atoms with Crippen LogP contribution in [-0.4, -0.2) is 5.78 Å². The van der Waals surface area contributed by atoms with Crippen molar-refractivity contribution in [1.29, 1.82) is 0 Å². The van der Waals surface area contributed by atoms with Crippen LogP contribution in [0.5, 0.6) is 0 Å². The molecule has 3 heteroatoms. The van der Waals surface area contributed by atoms with Gasteiger partial charge in [0.1, 0.15) is 0 Å². The molecule has 4 aromatic carbocycles. The molecule has 2 nitrogen and oxygen atoms in total. The second kappa shape index (κ2) is 8.32. The number of rotatable bonds is 6. The molecule has 0 saturated carbocycles. The van der Waals surface area contributed by atoms with E-state index in [-0.39, 0.29) is 11.0 Å². The normalized spacial score (nSPS) is 12.0. The van der Waals surface area contributed by atoms with E-state index in [2.05, 4.69) is 12.1 Å². The number of benzene rings is 4. The number of carbonyl (C=O) groups excluding carboxylic acids is 1. The van der Waals surface area contributed by atoms with Crippen molar-refractivity contribution in [1.82, 2.24) is 0 Å². The lowest BCUT2D eigenvalue weighted by molar-refractivity contribution is 0.0983. The highest BCUT2D eigenvalue weighted by molar-refractivity contribution is 7.99. The van der Waals surface area contributed by atoms with Crippen LogP contribution < -0.4 is 5.73 Å². The average Bonchev–Trinajstić information content (AvgIpc) is 2.75. The minimum atomic E-state index is -0.00244. The minimum Gasteiger partial charge on any atom is -0.398 e. The van der Waals surface area contributed by atoms with E-state index < -0.39 is 0 Å². The zero-order chi connectivity index (χ0) is 19.3. The van der Waals surface area contributed by atoms with Gasteiger partial charge in [-0.25, -0.2) is 0 Å². The van der Waals surface area contributed by atoms with Crippen LogP contribution in [0.15, 0.2) is 102 Å². The van der Waals surface area contributed by atoms with Crippen molar-refractivity contribution in [2.24, 2.45) is 0 Å². The second-order valence-corrected chi connectivity index (χ2v) is 7.95. The first-order chi connectivity index (χ1) is 13.7. The average molecular weight is 384 g/mol. The fourth-order valence-corrected chi connectivity index (χ4v) is 4.58. The van der Waals surface area contributed by atoms with Crippen LogP contribution in [0.1, 0.15) is 27.6 Å². The summed E-state index contributed by atoms with van der Waals surface area (Å²) in [5.74, 6) is 0.146. The smallest absolute Gasteiger partial charge is 0.164 e. The predicted octanol–water partition coefficient (Wildman–Crippen LogP) is 6.53. The van der Waals surface area contributed by atoms with Gasteiger partial charge in [0.25, 0.3) is 0 Å². The summed E-state index contributed by atoms with van der Waals surface area (Å²) in [6, 6.07) is 32.0. The van der Waals surface area contributed by atoms with Crippen LogP contribution in [0.3, 0.4) is 0 Å². The molecule has 0 heterocycles. The molecule has 1 atom stereocenters. The lowest BCUT2D eigenvalue weighted by Gasteiger charge is -2.18. The molecule has 0 aromatic heterocycles. The predicted molar refractivity (Wildman–Crippen MR) is 119 cm³/mol. The SMILES string of the molecule is Nc1ccccc1S[C@@H](CC(=O)c1cccc2ccccc12)c1ccccc1. The minimum absolute atomic E-state index is 0.00244. The molecule has 0 spiro atoms. The van der Waals surface area contributed by atoms with Gasteiger partial charge in [-0.2, -0.15) is 0 Å². The van der Waals surface area contributed by atoms with Crippen molar-refractivity contribution in [3.05, 3.63) is 108 Å². The number of fused-ring (bicyclic) bond motifs is 1. The first-order valence-electron chi connectivity index (χ1n) is 9.29. The van der Waals surface area contributed by atoms with Gasteiger partial charge in [0.15, 0.2) is 5.78 Å².